The number of benzene rings is 3. The molecule has 8 heteroatoms. The summed E-state index contributed by atoms with van der Waals surface area (Å²) in [5.41, 5.74) is 1.59. The summed E-state index contributed by atoms with van der Waals surface area (Å²) in [6, 6.07) is 24.9. The van der Waals surface area contributed by atoms with Crippen LogP contribution in [0.25, 0.3) is 0 Å². The second-order valence-electron chi connectivity index (χ2n) is 9.66. The third-order valence-electron chi connectivity index (χ3n) is 5.45. The van der Waals surface area contributed by atoms with Crippen molar-refractivity contribution in [3.8, 4) is 5.75 Å². The molecule has 0 aliphatic carbocycles. The highest BCUT2D eigenvalue weighted by atomic mass is 16.6. The fraction of sp³-hybridized carbons (Fsp3) is 0.300. The van der Waals surface area contributed by atoms with Crippen molar-refractivity contribution in [2.45, 2.75) is 45.4 Å². The number of rotatable bonds is 10. The second-order valence-corrected chi connectivity index (χ2v) is 9.66. The lowest BCUT2D eigenvalue weighted by Gasteiger charge is -2.28. The lowest BCUT2D eigenvalue weighted by atomic mass is 10.0. The van der Waals surface area contributed by atoms with Crippen molar-refractivity contribution in [1.29, 1.82) is 0 Å². The van der Waals surface area contributed by atoms with Gasteiger partial charge in [-0.2, -0.15) is 0 Å². The minimum absolute atomic E-state index is 0.168. The van der Waals surface area contributed by atoms with Gasteiger partial charge in [-0.05, 0) is 56.2 Å². The third kappa shape index (κ3) is 8.96. The SMILES string of the molecule is COC(=O)CN(C(=O)[C@H](Cc1ccc(OCc2ccccc2)cc1)NC(=O)OC(C)(C)C)c1ccccc1. The molecule has 8 nitrogen and oxygen atoms in total. The second kappa shape index (κ2) is 13.3. The molecular weight excluding hydrogens is 484 g/mol. The number of nitrogens with zero attached hydrogens (tertiary/aromatic N) is 1. The average molecular weight is 519 g/mol. The molecule has 0 saturated heterocycles. The Labute approximate surface area is 223 Å². The van der Waals surface area contributed by atoms with E-state index < -0.39 is 29.6 Å². The van der Waals surface area contributed by atoms with Crippen LogP contribution in [0.15, 0.2) is 84.9 Å². The number of carbonyl (C=O) groups is 3. The Morgan fingerprint density at radius 2 is 1.45 bits per heavy atom. The van der Waals surface area contributed by atoms with Gasteiger partial charge in [-0.15, -0.1) is 0 Å². The van der Waals surface area contributed by atoms with Gasteiger partial charge in [0.05, 0.1) is 7.11 Å². The van der Waals surface area contributed by atoms with Crippen molar-refractivity contribution < 1.29 is 28.6 Å². The van der Waals surface area contributed by atoms with E-state index in [-0.39, 0.29) is 13.0 Å². The van der Waals surface area contributed by atoms with Gasteiger partial charge >= 0.3 is 12.1 Å². The molecule has 1 N–H and O–H groups in total. The molecular formula is C30H34N2O6. The molecule has 3 rings (SSSR count). The van der Waals surface area contributed by atoms with Crippen LogP contribution in [0.3, 0.4) is 0 Å². The van der Waals surface area contributed by atoms with Crippen LogP contribution in [-0.4, -0.2) is 43.3 Å². The smallest absolute Gasteiger partial charge is 0.408 e. The first-order chi connectivity index (χ1) is 18.1. The number of amides is 2. The van der Waals surface area contributed by atoms with Gasteiger partial charge in [0.1, 0.15) is 30.5 Å². The van der Waals surface area contributed by atoms with Crippen LogP contribution < -0.4 is 15.0 Å². The summed E-state index contributed by atoms with van der Waals surface area (Å²) < 4.78 is 16.1. The summed E-state index contributed by atoms with van der Waals surface area (Å²) in [6.45, 7) is 5.35. The van der Waals surface area contributed by atoms with Crippen molar-refractivity contribution in [2.75, 3.05) is 18.6 Å². The van der Waals surface area contributed by atoms with Gasteiger partial charge in [0.15, 0.2) is 0 Å². The molecule has 200 valence electrons. The van der Waals surface area contributed by atoms with Gasteiger partial charge in [0, 0.05) is 12.1 Å². The number of methoxy groups -OCH3 is 1. The van der Waals surface area contributed by atoms with Gasteiger partial charge in [0.25, 0.3) is 5.91 Å². The van der Waals surface area contributed by atoms with Crippen molar-refractivity contribution in [1.82, 2.24) is 5.32 Å². The predicted octanol–water partition coefficient (Wildman–Crippen LogP) is 4.91. The van der Waals surface area contributed by atoms with Gasteiger partial charge < -0.3 is 19.5 Å². The number of hydrogen-bond acceptors (Lipinski definition) is 6. The summed E-state index contributed by atoms with van der Waals surface area (Å²) in [7, 11) is 1.26. The molecule has 2 amide bonds. The Bertz CT molecular complexity index is 1190. The van der Waals surface area contributed by atoms with Gasteiger partial charge in [-0.1, -0.05) is 60.7 Å². The number of ether oxygens (including phenoxy) is 3. The molecule has 0 aliphatic rings. The first-order valence-corrected chi connectivity index (χ1v) is 12.3. The Kier molecular flexibility index (Phi) is 9.87. The first-order valence-electron chi connectivity index (χ1n) is 12.3. The Balaban J connectivity index is 1.80. The lowest BCUT2D eigenvalue weighted by molar-refractivity contribution is -0.140. The first kappa shape index (κ1) is 28.2. The minimum Gasteiger partial charge on any atom is -0.489 e. The minimum atomic E-state index is -1.01. The normalized spacial score (nSPS) is 11.7. The highest BCUT2D eigenvalue weighted by Gasteiger charge is 2.30. The van der Waals surface area contributed by atoms with E-state index in [9.17, 15) is 14.4 Å². The molecule has 38 heavy (non-hydrogen) atoms. The summed E-state index contributed by atoms with van der Waals surface area (Å²) in [4.78, 5) is 39.9. The number of anilines is 1. The third-order valence-corrected chi connectivity index (χ3v) is 5.45. The Hall–Kier alpha value is -4.33. The Morgan fingerprint density at radius 1 is 0.842 bits per heavy atom. The molecule has 1 atom stereocenters. The van der Waals surface area contributed by atoms with Crippen LogP contribution in [0.4, 0.5) is 10.5 Å². The number of nitrogens with one attached hydrogen (secondary N) is 1. The standard InChI is InChI=1S/C30H34N2O6/c1-30(2,3)38-29(35)31-26(28(34)32(20-27(33)36-4)24-13-9-6-10-14-24)19-22-15-17-25(18-16-22)37-21-23-11-7-5-8-12-23/h5-18,26H,19-21H2,1-4H3,(H,31,35)/t26-/m0/s1. The van der Waals surface area contributed by atoms with E-state index >= 15 is 0 Å². The fourth-order valence-electron chi connectivity index (χ4n) is 3.63. The summed E-state index contributed by atoms with van der Waals surface area (Å²) in [5, 5.41) is 2.69. The molecule has 0 fully saturated rings. The zero-order valence-electron chi connectivity index (χ0n) is 22.2. The summed E-state index contributed by atoms with van der Waals surface area (Å²) in [6.07, 6.45) is -0.564. The molecule has 0 unspecified atom stereocenters. The van der Waals surface area contributed by atoms with E-state index in [2.05, 4.69) is 5.32 Å². The predicted molar refractivity (Wildman–Crippen MR) is 145 cm³/mol. The van der Waals surface area contributed by atoms with Crippen molar-refractivity contribution in [3.63, 3.8) is 0 Å². The van der Waals surface area contributed by atoms with Gasteiger partial charge in [-0.3, -0.25) is 14.5 Å². The van der Waals surface area contributed by atoms with Crippen LogP contribution in [0.5, 0.6) is 5.75 Å². The maximum Gasteiger partial charge on any atom is 0.408 e. The molecule has 0 aliphatic heterocycles. The van der Waals surface area contributed by atoms with Crippen LogP contribution in [0.1, 0.15) is 31.9 Å². The van der Waals surface area contributed by atoms with E-state index in [4.69, 9.17) is 14.2 Å². The lowest BCUT2D eigenvalue weighted by Crippen LogP contribution is -2.52. The van der Waals surface area contributed by atoms with Gasteiger partial charge in [-0.25, -0.2) is 4.79 Å². The highest BCUT2D eigenvalue weighted by Crippen LogP contribution is 2.19. The fourth-order valence-corrected chi connectivity index (χ4v) is 3.63. The number of esters is 1. The van der Waals surface area contributed by atoms with Crippen LogP contribution in [-0.2, 0) is 32.1 Å². The number of alkyl carbamates (subject to hydrolysis) is 1. The number of hydrogen-bond donors (Lipinski definition) is 1. The molecule has 3 aromatic carbocycles. The van der Waals surface area contributed by atoms with Crippen LogP contribution >= 0.6 is 0 Å². The summed E-state index contributed by atoms with van der Waals surface area (Å²) >= 11 is 0. The maximum atomic E-state index is 13.8. The van der Waals surface area contributed by atoms with E-state index in [1.54, 1.807) is 45.0 Å². The van der Waals surface area contributed by atoms with E-state index in [0.717, 1.165) is 11.1 Å². The van der Waals surface area contributed by atoms with E-state index in [1.807, 2.05) is 60.7 Å². The number of para-hydroxylation sites is 1. The molecule has 3 aromatic rings. The molecule has 0 spiro atoms. The molecule has 0 radical (unpaired) electrons. The van der Waals surface area contributed by atoms with Crippen molar-refractivity contribution >= 4 is 23.7 Å². The monoisotopic (exact) mass is 518 g/mol. The van der Waals surface area contributed by atoms with Gasteiger partial charge in [0.2, 0.25) is 0 Å². The molecule has 0 bridgehead atoms. The van der Waals surface area contributed by atoms with E-state index in [1.165, 1.54) is 12.0 Å². The molecule has 0 aromatic heterocycles. The highest BCUT2D eigenvalue weighted by molar-refractivity contribution is 6.02. The Morgan fingerprint density at radius 3 is 2.03 bits per heavy atom. The van der Waals surface area contributed by atoms with Crippen LogP contribution in [0.2, 0.25) is 0 Å². The quantitative estimate of drug-likeness (QED) is 0.384. The van der Waals surface area contributed by atoms with Crippen molar-refractivity contribution in [3.05, 3.63) is 96.1 Å². The van der Waals surface area contributed by atoms with E-state index in [0.29, 0.717) is 18.0 Å². The molecule has 0 saturated carbocycles. The summed E-state index contributed by atoms with van der Waals surface area (Å²) in [5.74, 6) is -0.382. The van der Waals surface area contributed by atoms with Crippen LogP contribution in [0, 0.1) is 0 Å². The zero-order chi connectivity index (χ0) is 27.5. The molecule has 0 heterocycles. The number of carbonyl (C=O) groups excluding carboxylic acids is 3. The largest absolute Gasteiger partial charge is 0.489 e. The topological polar surface area (TPSA) is 94.2 Å². The zero-order valence-corrected chi connectivity index (χ0v) is 22.2. The maximum absolute atomic E-state index is 13.8. The van der Waals surface area contributed by atoms with Crippen molar-refractivity contribution in [2.24, 2.45) is 0 Å². The average Bonchev–Trinajstić information content (AvgIpc) is 2.90.